The minimum absolute atomic E-state index is 0.0503. The van der Waals surface area contributed by atoms with Gasteiger partial charge in [-0.05, 0) is 41.9 Å². The number of hydrogen-bond donors (Lipinski definition) is 2. The van der Waals surface area contributed by atoms with Crippen LogP contribution in [0.5, 0.6) is 0 Å². The summed E-state index contributed by atoms with van der Waals surface area (Å²) in [6.07, 6.45) is 3.91. The Bertz CT molecular complexity index is 769. The lowest BCUT2D eigenvalue weighted by Gasteiger charge is -2.37. The molecule has 3 rings (SSSR count). The predicted molar refractivity (Wildman–Crippen MR) is 93.7 cm³/mol. The second kappa shape index (κ2) is 6.90. The number of hydrogen-bond acceptors (Lipinski definition) is 5. The molecule has 0 bridgehead atoms. The van der Waals surface area contributed by atoms with Crippen LogP contribution in [0.25, 0.3) is 0 Å². The third-order valence-corrected chi connectivity index (χ3v) is 4.36. The first-order valence-corrected chi connectivity index (χ1v) is 7.84. The topological polar surface area (TPSA) is 91.5 Å². The number of aliphatic hydroxyl groups excluding tert-OH is 1. The van der Waals surface area contributed by atoms with E-state index < -0.39 is 4.92 Å². The maximum atomic E-state index is 11.0. The summed E-state index contributed by atoms with van der Waals surface area (Å²) in [4.78, 5) is 16.4. The molecule has 1 aromatic carbocycles. The fraction of sp³-hybridized carbons (Fsp3) is 0.250. The molecule has 1 aliphatic rings. The van der Waals surface area contributed by atoms with Gasteiger partial charge in [-0.1, -0.05) is 6.07 Å². The molecule has 1 aliphatic heterocycles. The maximum Gasteiger partial charge on any atom is 0.269 e. The highest BCUT2D eigenvalue weighted by molar-refractivity contribution is 7.80. The Hall–Kier alpha value is -2.58. The zero-order valence-electron chi connectivity index (χ0n) is 12.8. The average molecular weight is 344 g/mol. The standard InChI is InChI=1S/C16H16N4O3S/c21-10-15-6-11-3-4-14(20(22)23)7-12(11)9-19(15)16(24)18-13-2-1-5-17-8-13/h1-5,7-8,15,21H,6,9-10H2,(H,18,24)/t15-/m0/s1. The van der Waals surface area contributed by atoms with Gasteiger partial charge in [-0.3, -0.25) is 15.1 Å². The van der Waals surface area contributed by atoms with E-state index in [2.05, 4.69) is 10.3 Å². The summed E-state index contributed by atoms with van der Waals surface area (Å²) < 4.78 is 0. The number of nitro benzene ring substituents is 1. The number of aromatic nitrogens is 1. The van der Waals surface area contributed by atoms with Crippen LogP contribution in [0.15, 0.2) is 42.7 Å². The van der Waals surface area contributed by atoms with Crippen LogP contribution in [0.3, 0.4) is 0 Å². The number of nitrogens with zero attached hydrogens (tertiary/aromatic N) is 3. The van der Waals surface area contributed by atoms with Crippen molar-refractivity contribution in [1.82, 2.24) is 9.88 Å². The minimum Gasteiger partial charge on any atom is -0.394 e. The number of fused-ring (bicyclic) bond motifs is 1. The quantitative estimate of drug-likeness (QED) is 0.500. The molecule has 124 valence electrons. The number of nitrogens with one attached hydrogen (secondary N) is 1. The number of thiocarbonyl (C=S) groups is 1. The molecule has 0 fully saturated rings. The summed E-state index contributed by atoms with van der Waals surface area (Å²) in [5.74, 6) is 0. The molecule has 1 aromatic heterocycles. The first-order chi connectivity index (χ1) is 11.6. The van der Waals surface area contributed by atoms with Crippen LogP contribution in [0, 0.1) is 10.1 Å². The SMILES string of the molecule is O=[N+]([O-])c1ccc2c(c1)CN(C(=S)Nc1cccnc1)[C@H](CO)C2. The van der Waals surface area contributed by atoms with E-state index in [1.165, 1.54) is 6.07 Å². The molecule has 2 aromatic rings. The van der Waals surface area contributed by atoms with E-state index in [9.17, 15) is 15.2 Å². The fourth-order valence-corrected chi connectivity index (χ4v) is 3.11. The highest BCUT2D eigenvalue weighted by Gasteiger charge is 2.28. The Balaban J connectivity index is 1.84. The van der Waals surface area contributed by atoms with E-state index in [1.807, 2.05) is 11.0 Å². The summed E-state index contributed by atoms with van der Waals surface area (Å²) in [5.41, 5.74) is 2.66. The zero-order valence-corrected chi connectivity index (χ0v) is 13.6. The number of anilines is 1. The van der Waals surface area contributed by atoms with Crippen molar-refractivity contribution in [3.63, 3.8) is 0 Å². The normalized spacial score (nSPS) is 16.4. The molecule has 2 N–H and O–H groups in total. The smallest absolute Gasteiger partial charge is 0.269 e. The number of pyridine rings is 1. The van der Waals surface area contributed by atoms with Crippen LogP contribution in [-0.2, 0) is 13.0 Å². The number of rotatable bonds is 3. The van der Waals surface area contributed by atoms with Gasteiger partial charge in [-0.2, -0.15) is 0 Å². The molecule has 8 heteroatoms. The highest BCUT2D eigenvalue weighted by atomic mass is 32.1. The number of nitro groups is 1. The minimum atomic E-state index is -0.408. The van der Waals surface area contributed by atoms with E-state index in [1.54, 1.807) is 30.6 Å². The summed E-state index contributed by atoms with van der Waals surface area (Å²) in [5, 5.41) is 24.2. The van der Waals surface area contributed by atoms with Crippen molar-refractivity contribution in [3.8, 4) is 0 Å². The Morgan fingerprint density at radius 1 is 1.46 bits per heavy atom. The molecule has 0 radical (unpaired) electrons. The van der Waals surface area contributed by atoms with Gasteiger partial charge in [0.25, 0.3) is 5.69 Å². The molecule has 2 heterocycles. The fourth-order valence-electron chi connectivity index (χ4n) is 2.78. The lowest BCUT2D eigenvalue weighted by atomic mass is 9.94. The second-order valence-electron chi connectivity index (χ2n) is 5.55. The van der Waals surface area contributed by atoms with Gasteiger partial charge in [-0.25, -0.2) is 0 Å². The van der Waals surface area contributed by atoms with Crippen molar-refractivity contribution in [2.24, 2.45) is 0 Å². The molecule has 0 spiro atoms. The van der Waals surface area contributed by atoms with Crippen LogP contribution in [0.2, 0.25) is 0 Å². The third-order valence-electron chi connectivity index (χ3n) is 4.02. The Labute approximate surface area is 144 Å². The van der Waals surface area contributed by atoms with Crippen molar-refractivity contribution in [1.29, 1.82) is 0 Å². The van der Waals surface area contributed by atoms with E-state index in [-0.39, 0.29) is 18.3 Å². The molecule has 0 unspecified atom stereocenters. The molecule has 0 aliphatic carbocycles. The van der Waals surface area contributed by atoms with Gasteiger partial charge in [0.1, 0.15) is 0 Å². The molecule has 1 atom stereocenters. The lowest BCUT2D eigenvalue weighted by molar-refractivity contribution is -0.385. The van der Waals surface area contributed by atoms with Gasteiger partial charge in [0.15, 0.2) is 5.11 Å². The first kappa shape index (κ1) is 16.3. The maximum absolute atomic E-state index is 11.0. The number of benzene rings is 1. The zero-order chi connectivity index (χ0) is 17.1. The van der Waals surface area contributed by atoms with Gasteiger partial charge >= 0.3 is 0 Å². The summed E-state index contributed by atoms with van der Waals surface area (Å²) in [6, 6.07) is 8.29. The van der Waals surface area contributed by atoms with Crippen molar-refractivity contribution in [2.45, 2.75) is 19.0 Å². The monoisotopic (exact) mass is 344 g/mol. The van der Waals surface area contributed by atoms with Gasteiger partial charge < -0.3 is 15.3 Å². The largest absolute Gasteiger partial charge is 0.394 e. The van der Waals surface area contributed by atoms with Gasteiger partial charge in [0.2, 0.25) is 0 Å². The average Bonchev–Trinajstić information content (AvgIpc) is 2.60. The molecular weight excluding hydrogens is 328 g/mol. The van der Waals surface area contributed by atoms with Gasteiger partial charge in [0, 0.05) is 24.9 Å². The number of aliphatic hydroxyl groups is 1. The van der Waals surface area contributed by atoms with Crippen LogP contribution < -0.4 is 5.32 Å². The van der Waals surface area contributed by atoms with Crippen LogP contribution in [-0.4, -0.2) is 37.7 Å². The summed E-state index contributed by atoms with van der Waals surface area (Å²) in [7, 11) is 0. The number of non-ortho nitro benzene ring substituents is 1. The van der Waals surface area contributed by atoms with Crippen molar-refractivity contribution in [3.05, 3.63) is 64.0 Å². The molecular formula is C16H16N4O3S. The predicted octanol–water partition coefficient (Wildman–Crippen LogP) is 2.11. The molecule has 0 saturated carbocycles. The van der Waals surface area contributed by atoms with Crippen molar-refractivity contribution >= 4 is 28.7 Å². The molecule has 24 heavy (non-hydrogen) atoms. The highest BCUT2D eigenvalue weighted by Crippen LogP contribution is 2.27. The first-order valence-electron chi connectivity index (χ1n) is 7.43. The Kier molecular flexibility index (Phi) is 4.68. The second-order valence-corrected chi connectivity index (χ2v) is 5.94. The van der Waals surface area contributed by atoms with Gasteiger partial charge in [-0.15, -0.1) is 0 Å². The van der Waals surface area contributed by atoms with E-state index in [0.717, 1.165) is 16.8 Å². The summed E-state index contributed by atoms with van der Waals surface area (Å²) in [6.45, 7) is 0.361. The van der Waals surface area contributed by atoms with E-state index in [4.69, 9.17) is 12.2 Å². The summed E-state index contributed by atoms with van der Waals surface area (Å²) >= 11 is 5.45. The van der Waals surface area contributed by atoms with E-state index >= 15 is 0 Å². The third kappa shape index (κ3) is 3.34. The molecule has 7 nitrogen and oxygen atoms in total. The molecule has 0 amide bonds. The van der Waals surface area contributed by atoms with Gasteiger partial charge in [0.05, 0.1) is 29.5 Å². The van der Waals surface area contributed by atoms with Crippen LogP contribution in [0.1, 0.15) is 11.1 Å². The van der Waals surface area contributed by atoms with Crippen LogP contribution >= 0.6 is 12.2 Å². The van der Waals surface area contributed by atoms with E-state index in [0.29, 0.717) is 18.1 Å². The van der Waals surface area contributed by atoms with Crippen molar-refractivity contribution < 1.29 is 10.0 Å². The Morgan fingerprint density at radius 3 is 2.96 bits per heavy atom. The lowest BCUT2D eigenvalue weighted by Crippen LogP contribution is -2.48. The van der Waals surface area contributed by atoms with Crippen molar-refractivity contribution in [2.75, 3.05) is 11.9 Å². The van der Waals surface area contributed by atoms with Crippen LogP contribution in [0.4, 0.5) is 11.4 Å². The Morgan fingerprint density at radius 2 is 2.29 bits per heavy atom. The molecule has 0 saturated heterocycles.